The summed E-state index contributed by atoms with van der Waals surface area (Å²) in [7, 11) is 1.62. The fraction of sp³-hybridized carbons (Fsp3) is 0.830. The van der Waals surface area contributed by atoms with Gasteiger partial charge >= 0.3 is 7.82 Å². The molecule has 364 valence electrons. The third-order valence-electron chi connectivity index (χ3n) is 11.6. The van der Waals surface area contributed by atoms with Crippen molar-refractivity contribution in [2.75, 3.05) is 40.9 Å². The molecule has 0 saturated carbocycles. The number of phosphoric ester groups is 1. The number of phosphoric acid groups is 1. The minimum atomic E-state index is -4.32. The minimum Gasteiger partial charge on any atom is -0.391 e. The Morgan fingerprint density at radius 3 is 1.42 bits per heavy atom. The maximum Gasteiger partial charge on any atom is 0.472 e. The molecule has 8 nitrogen and oxygen atoms in total. The fourth-order valence-electron chi connectivity index (χ4n) is 7.51. The molecular weight excluding hydrogens is 792 g/mol. The quantitative estimate of drug-likeness (QED) is 0.0243. The van der Waals surface area contributed by atoms with Gasteiger partial charge < -0.3 is 19.8 Å². The van der Waals surface area contributed by atoms with Gasteiger partial charge in [-0.25, -0.2) is 4.57 Å². The van der Waals surface area contributed by atoms with Crippen molar-refractivity contribution in [1.82, 2.24) is 5.32 Å². The zero-order chi connectivity index (χ0) is 45.7. The number of quaternary nitrogens is 1. The van der Waals surface area contributed by atoms with Crippen LogP contribution in [0.1, 0.15) is 232 Å². The lowest BCUT2D eigenvalue weighted by atomic mass is 10.0. The molecule has 0 radical (unpaired) electrons. The van der Waals surface area contributed by atoms with Crippen molar-refractivity contribution >= 4 is 13.7 Å². The molecule has 9 heteroatoms. The number of carbonyl (C=O) groups is 1. The number of carbonyl (C=O) groups excluding carboxylic acids is 1. The highest BCUT2D eigenvalue weighted by Gasteiger charge is 2.28. The van der Waals surface area contributed by atoms with E-state index in [0.29, 0.717) is 23.9 Å². The van der Waals surface area contributed by atoms with E-state index in [4.69, 9.17) is 9.05 Å². The number of hydrogen-bond donors (Lipinski definition) is 3. The first kappa shape index (κ1) is 60.5. The molecule has 0 aromatic rings. The van der Waals surface area contributed by atoms with E-state index in [2.05, 4.69) is 67.8 Å². The van der Waals surface area contributed by atoms with Gasteiger partial charge in [0, 0.05) is 6.42 Å². The lowest BCUT2D eigenvalue weighted by Gasteiger charge is -2.26. The number of likely N-dealkylation sites (N-methyl/N-ethyl adjacent to an activating group) is 1. The van der Waals surface area contributed by atoms with Gasteiger partial charge in [-0.1, -0.05) is 223 Å². The molecule has 3 unspecified atom stereocenters. The van der Waals surface area contributed by atoms with Gasteiger partial charge in [-0.05, 0) is 51.4 Å². The summed E-state index contributed by atoms with van der Waals surface area (Å²) in [6.45, 7) is 4.78. The molecule has 1 amide bonds. The van der Waals surface area contributed by atoms with Gasteiger partial charge in [-0.3, -0.25) is 13.8 Å². The van der Waals surface area contributed by atoms with Crippen LogP contribution in [0.15, 0.2) is 48.6 Å². The summed E-state index contributed by atoms with van der Waals surface area (Å²) in [5.41, 5.74) is 0. The van der Waals surface area contributed by atoms with Crippen LogP contribution >= 0.6 is 7.82 Å². The molecule has 0 aliphatic heterocycles. The molecule has 0 fully saturated rings. The zero-order valence-corrected chi connectivity index (χ0v) is 42.3. The van der Waals surface area contributed by atoms with Crippen LogP contribution in [0.3, 0.4) is 0 Å². The fourth-order valence-corrected chi connectivity index (χ4v) is 8.24. The molecule has 0 aliphatic carbocycles. The number of unbranched alkanes of at least 4 members (excludes halogenated alkanes) is 26. The van der Waals surface area contributed by atoms with E-state index < -0.39 is 20.0 Å². The molecule has 0 spiro atoms. The molecule has 62 heavy (non-hydrogen) atoms. The zero-order valence-electron chi connectivity index (χ0n) is 41.4. The molecule has 0 heterocycles. The van der Waals surface area contributed by atoms with Crippen LogP contribution in [0.2, 0.25) is 0 Å². The van der Waals surface area contributed by atoms with Gasteiger partial charge in [-0.2, -0.15) is 0 Å². The second kappa shape index (κ2) is 44.7. The maximum atomic E-state index is 12.9. The van der Waals surface area contributed by atoms with Gasteiger partial charge in [0.15, 0.2) is 0 Å². The average Bonchev–Trinajstić information content (AvgIpc) is 3.23. The molecule has 0 aliphatic rings. The normalized spacial score (nSPS) is 14.5. The summed E-state index contributed by atoms with van der Waals surface area (Å²) in [4.78, 5) is 23.2. The number of nitrogens with zero attached hydrogens (tertiary/aromatic N) is 1. The van der Waals surface area contributed by atoms with Crippen molar-refractivity contribution in [2.45, 2.75) is 244 Å². The van der Waals surface area contributed by atoms with Gasteiger partial charge in [0.2, 0.25) is 5.91 Å². The maximum absolute atomic E-state index is 12.9. The monoisotopic (exact) mass is 894 g/mol. The predicted octanol–water partition coefficient (Wildman–Crippen LogP) is 15.2. The average molecular weight is 894 g/mol. The largest absolute Gasteiger partial charge is 0.472 e. The second-order valence-corrected chi connectivity index (χ2v) is 20.3. The molecule has 0 saturated heterocycles. The number of allylic oxidation sites excluding steroid dienone is 8. The molecule has 3 N–H and O–H groups in total. The van der Waals surface area contributed by atoms with E-state index in [-0.39, 0.29) is 19.1 Å². The van der Waals surface area contributed by atoms with E-state index in [1.165, 1.54) is 141 Å². The second-order valence-electron chi connectivity index (χ2n) is 18.9. The number of rotatable bonds is 47. The summed E-state index contributed by atoms with van der Waals surface area (Å²) in [5.74, 6) is -0.146. The molecule has 0 aromatic carbocycles. The molecular formula is C53H102N2O6P+. The van der Waals surface area contributed by atoms with Gasteiger partial charge in [0.25, 0.3) is 0 Å². The van der Waals surface area contributed by atoms with Crippen LogP contribution in [0, 0.1) is 0 Å². The van der Waals surface area contributed by atoms with Crippen LogP contribution in [0.25, 0.3) is 0 Å². The van der Waals surface area contributed by atoms with E-state index in [9.17, 15) is 19.4 Å². The Kier molecular flexibility index (Phi) is 43.5. The SMILES string of the molecule is CC/C=C\C/C=C\C/C=C\C/C=C\CCCCCCCCCCCCCCCCC(=O)NC(COP(=O)(O)OCC[N+](C)(C)C)C(O)CCCCCCCCCCCCCCC. The summed E-state index contributed by atoms with van der Waals surface area (Å²) in [6.07, 6.45) is 57.2. The third kappa shape index (κ3) is 46.5. The number of hydrogen-bond acceptors (Lipinski definition) is 5. The molecule has 0 rings (SSSR count). The highest BCUT2D eigenvalue weighted by molar-refractivity contribution is 7.47. The van der Waals surface area contributed by atoms with Crippen LogP contribution in [-0.4, -0.2) is 73.4 Å². The Morgan fingerprint density at radius 1 is 0.565 bits per heavy atom. The third-order valence-corrected chi connectivity index (χ3v) is 12.6. The van der Waals surface area contributed by atoms with Crippen molar-refractivity contribution in [3.8, 4) is 0 Å². The summed E-state index contributed by atoms with van der Waals surface area (Å²) in [6, 6.07) is -0.760. The van der Waals surface area contributed by atoms with Gasteiger partial charge in [0.05, 0.1) is 39.9 Å². The standard InChI is InChI=1S/C53H101N2O6P/c1-6-8-10-12-14-16-18-20-21-22-23-24-25-26-27-28-29-30-31-32-33-35-37-39-41-43-45-47-53(57)54-51(50-61-62(58,59)60-49-48-55(3,4)5)52(56)46-44-42-40-38-36-34-19-17-15-13-11-9-7-2/h8,10,14,16,20-21,23-24,51-52,56H,6-7,9,11-13,15,17-19,22,25-50H2,1-5H3,(H-,54,57,58,59)/p+1/b10-8-,16-14-,21-20-,24-23-. The van der Waals surface area contributed by atoms with E-state index >= 15 is 0 Å². The van der Waals surface area contributed by atoms with Crippen molar-refractivity contribution in [2.24, 2.45) is 0 Å². The summed E-state index contributed by atoms with van der Waals surface area (Å²) in [5, 5.41) is 14.0. The van der Waals surface area contributed by atoms with Gasteiger partial charge in [-0.15, -0.1) is 0 Å². The van der Waals surface area contributed by atoms with Crippen LogP contribution in [0.5, 0.6) is 0 Å². The Labute approximate surface area is 384 Å². The van der Waals surface area contributed by atoms with E-state index in [0.717, 1.165) is 64.2 Å². The Balaban J connectivity index is 4.13. The van der Waals surface area contributed by atoms with Crippen molar-refractivity contribution in [1.29, 1.82) is 0 Å². The Morgan fingerprint density at radius 2 is 0.968 bits per heavy atom. The first-order valence-corrected chi connectivity index (χ1v) is 27.5. The van der Waals surface area contributed by atoms with Crippen molar-refractivity contribution < 1.29 is 32.9 Å². The first-order valence-electron chi connectivity index (χ1n) is 26.0. The smallest absolute Gasteiger partial charge is 0.391 e. The van der Waals surface area contributed by atoms with Gasteiger partial charge in [0.1, 0.15) is 13.2 Å². The minimum absolute atomic E-state index is 0.0742. The number of aliphatic hydroxyl groups is 1. The van der Waals surface area contributed by atoms with Crippen LogP contribution in [-0.2, 0) is 18.4 Å². The molecule has 0 aromatic heterocycles. The Hall–Kier alpha value is -1.54. The molecule has 0 bridgehead atoms. The predicted molar refractivity (Wildman–Crippen MR) is 267 cm³/mol. The highest BCUT2D eigenvalue weighted by Crippen LogP contribution is 2.43. The van der Waals surface area contributed by atoms with Crippen LogP contribution < -0.4 is 5.32 Å². The molecule has 3 atom stereocenters. The Bertz CT molecular complexity index is 1150. The summed E-state index contributed by atoms with van der Waals surface area (Å²) >= 11 is 0. The first-order chi connectivity index (χ1) is 30.0. The topological polar surface area (TPSA) is 105 Å². The summed E-state index contributed by atoms with van der Waals surface area (Å²) < 4.78 is 23.7. The van der Waals surface area contributed by atoms with Crippen molar-refractivity contribution in [3.05, 3.63) is 48.6 Å². The number of aliphatic hydroxyl groups excluding tert-OH is 1. The van der Waals surface area contributed by atoms with Crippen LogP contribution in [0.4, 0.5) is 0 Å². The number of amides is 1. The van der Waals surface area contributed by atoms with Crippen molar-refractivity contribution in [3.63, 3.8) is 0 Å². The van der Waals surface area contributed by atoms with E-state index in [1.54, 1.807) is 0 Å². The highest BCUT2D eigenvalue weighted by atomic mass is 31.2. The lowest BCUT2D eigenvalue weighted by Crippen LogP contribution is -2.46. The number of nitrogens with one attached hydrogen (secondary N) is 1. The lowest BCUT2D eigenvalue weighted by molar-refractivity contribution is -0.870. The van der Waals surface area contributed by atoms with E-state index in [1.807, 2.05) is 21.1 Å².